The molecule has 110 valence electrons. The Morgan fingerprint density at radius 2 is 2.14 bits per heavy atom. The molecule has 0 aliphatic rings. The molecular weight excluding hydrogens is 314 g/mol. The first kappa shape index (κ1) is 14.8. The van der Waals surface area contributed by atoms with E-state index in [4.69, 9.17) is 0 Å². The number of nitriles is 1. The maximum atomic E-state index is 9.35. The first-order chi connectivity index (χ1) is 10.6. The zero-order chi connectivity index (χ0) is 15.7. The minimum absolute atomic E-state index is 0.594. The molecule has 0 spiro atoms. The van der Waals surface area contributed by atoms with Gasteiger partial charge in [-0.05, 0) is 43.1 Å². The van der Waals surface area contributed by atoms with E-state index in [1.165, 1.54) is 11.8 Å². The Balaban J connectivity index is 2.00. The Kier molecular flexibility index (Phi) is 3.96. The fourth-order valence-corrected chi connectivity index (χ4v) is 3.90. The number of aryl methyl sites for hydroxylation is 2. The lowest BCUT2D eigenvalue weighted by Gasteiger charge is -2.07. The van der Waals surface area contributed by atoms with Crippen LogP contribution in [0, 0.1) is 25.2 Å². The van der Waals surface area contributed by atoms with Gasteiger partial charge in [0, 0.05) is 17.6 Å². The summed E-state index contributed by atoms with van der Waals surface area (Å²) in [5.74, 6) is 0.832. The average Bonchev–Trinajstić information content (AvgIpc) is 3.09. The summed E-state index contributed by atoms with van der Waals surface area (Å²) in [7, 11) is 1.93. The van der Waals surface area contributed by atoms with E-state index in [9.17, 15) is 5.26 Å². The zero-order valence-corrected chi connectivity index (χ0v) is 14.0. The van der Waals surface area contributed by atoms with Gasteiger partial charge in [-0.3, -0.25) is 4.98 Å². The van der Waals surface area contributed by atoms with E-state index < -0.39 is 0 Å². The molecule has 3 aromatic heterocycles. The molecule has 0 bridgehead atoms. The Bertz CT molecular complexity index is 859. The van der Waals surface area contributed by atoms with Gasteiger partial charge in [0.15, 0.2) is 11.0 Å². The number of aromatic nitrogens is 4. The Morgan fingerprint density at radius 3 is 2.82 bits per heavy atom. The fourth-order valence-electron chi connectivity index (χ4n) is 2.13. The number of rotatable bonds is 3. The predicted octanol–water partition coefficient (Wildman–Crippen LogP) is 3.58. The minimum atomic E-state index is 0.594. The smallest absolute Gasteiger partial charge is 0.196 e. The molecule has 0 saturated heterocycles. The summed E-state index contributed by atoms with van der Waals surface area (Å²) >= 11 is 3.07. The van der Waals surface area contributed by atoms with Crippen molar-refractivity contribution in [1.82, 2.24) is 19.7 Å². The van der Waals surface area contributed by atoms with E-state index in [1.807, 2.05) is 49.0 Å². The quantitative estimate of drug-likeness (QED) is 0.735. The summed E-state index contributed by atoms with van der Waals surface area (Å²) in [5.41, 5.74) is 2.22. The molecule has 0 N–H and O–H groups in total. The first-order valence-corrected chi connectivity index (χ1v) is 8.29. The van der Waals surface area contributed by atoms with Crippen molar-refractivity contribution in [3.63, 3.8) is 0 Å². The molecule has 7 heteroatoms. The van der Waals surface area contributed by atoms with Crippen LogP contribution >= 0.6 is 23.1 Å². The third-order valence-corrected chi connectivity index (χ3v) is 5.13. The molecule has 0 aliphatic heterocycles. The molecule has 0 aliphatic carbocycles. The third kappa shape index (κ3) is 2.63. The van der Waals surface area contributed by atoms with Crippen molar-refractivity contribution < 1.29 is 0 Å². The lowest BCUT2D eigenvalue weighted by molar-refractivity contribution is 0.794. The van der Waals surface area contributed by atoms with Crippen molar-refractivity contribution >= 4 is 23.1 Å². The topological polar surface area (TPSA) is 67.4 Å². The van der Waals surface area contributed by atoms with E-state index in [-0.39, 0.29) is 0 Å². The molecule has 0 fully saturated rings. The van der Waals surface area contributed by atoms with Crippen LogP contribution in [0.2, 0.25) is 0 Å². The maximum absolute atomic E-state index is 9.35. The second-order valence-corrected chi connectivity index (χ2v) is 6.74. The molecule has 22 heavy (non-hydrogen) atoms. The molecule has 0 saturated carbocycles. The molecule has 0 amide bonds. The van der Waals surface area contributed by atoms with Gasteiger partial charge in [-0.15, -0.1) is 21.5 Å². The lowest BCUT2D eigenvalue weighted by Crippen LogP contribution is -1.97. The van der Waals surface area contributed by atoms with Crippen LogP contribution in [0.25, 0.3) is 10.7 Å². The van der Waals surface area contributed by atoms with E-state index in [0.29, 0.717) is 5.56 Å². The van der Waals surface area contributed by atoms with Gasteiger partial charge in [0.25, 0.3) is 0 Å². The van der Waals surface area contributed by atoms with Crippen molar-refractivity contribution in [2.45, 2.75) is 23.9 Å². The van der Waals surface area contributed by atoms with Crippen LogP contribution in [0.15, 0.2) is 33.6 Å². The standard InChI is InChI=1S/C15H13N5S2/c1-9-7-13(11(8-16)10(2)17-9)22-15-19-18-14(20(15)3)12-5-4-6-21-12/h4-7H,1-3H3. The molecule has 3 heterocycles. The summed E-state index contributed by atoms with van der Waals surface area (Å²) in [6.45, 7) is 3.77. The Labute approximate surface area is 136 Å². The second-order valence-electron chi connectivity index (χ2n) is 4.78. The third-order valence-electron chi connectivity index (χ3n) is 3.18. The number of nitrogens with zero attached hydrogens (tertiary/aromatic N) is 5. The number of pyridine rings is 1. The second kappa shape index (κ2) is 5.91. The van der Waals surface area contributed by atoms with E-state index in [2.05, 4.69) is 21.3 Å². The van der Waals surface area contributed by atoms with Gasteiger partial charge in [0.1, 0.15) is 6.07 Å². The van der Waals surface area contributed by atoms with Crippen molar-refractivity contribution in [2.24, 2.45) is 7.05 Å². The summed E-state index contributed by atoms with van der Waals surface area (Å²) in [5, 5.41) is 20.6. The van der Waals surface area contributed by atoms with Crippen molar-refractivity contribution in [1.29, 1.82) is 5.26 Å². The minimum Gasteiger partial charge on any atom is -0.304 e. The van der Waals surface area contributed by atoms with Crippen LogP contribution in [0.1, 0.15) is 17.0 Å². The zero-order valence-electron chi connectivity index (χ0n) is 12.4. The lowest BCUT2D eigenvalue weighted by atomic mass is 10.2. The normalized spacial score (nSPS) is 10.6. The summed E-state index contributed by atoms with van der Waals surface area (Å²) in [6, 6.07) is 8.15. The highest BCUT2D eigenvalue weighted by molar-refractivity contribution is 7.99. The molecule has 3 rings (SSSR count). The number of thiophene rings is 1. The van der Waals surface area contributed by atoms with Crippen molar-refractivity contribution in [3.05, 3.63) is 40.5 Å². The first-order valence-electron chi connectivity index (χ1n) is 6.59. The van der Waals surface area contributed by atoms with Gasteiger partial charge in [-0.1, -0.05) is 6.07 Å². The van der Waals surface area contributed by atoms with Crippen LogP contribution in [0.4, 0.5) is 0 Å². The van der Waals surface area contributed by atoms with Crippen LogP contribution in [-0.2, 0) is 7.05 Å². The van der Waals surface area contributed by atoms with Gasteiger partial charge in [-0.25, -0.2) is 0 Å². The highest BCUT2D eigenvalue weighted by atomic mass is 32.2. The largest absolute Gasteiger partial charge is 0.304 e. The Morgan fingerprint density at radius 1 is 1.32 bits per heavy atom. The van der Waals surface area contributed by atoms with Crippen molar-refractivity contribution in [3.8, 4) is 16.8 Å². The molecule has 0 aromatic carbocycles. The van der Waals surface area contributed by atoms with Crippen LogP contribution in [0.5, 0.6) is 0 Å². The molecule has 5 nitrogen and oxygen atoms in total. The number of hydrogen-bond acceptors (Lipinski definition) is 6. The fraction of sp³-hybridized carbons (Fsp3) is 0.200. The summed E-state index contributed by atoms with van der Waals surface area (Å²) in [6.07, 6.45) is 0. The summed E-state index contributed by atoms with van der Waals surface area (Å²) < 4.78 is 1.95. The van der Waals surface area contributed by atoms with Crippen LogP contribution < -0.4 is 0 Å². The van der Waals surface area contributed by atoms with Gasteiger partial charge < -0.3 is 4.57 Å². The molecule has 3 aromatic rings. The van der Waals surface area contributed by atoms with Gasteiger partial charge in [0.05, 0.1) is 16.1 Å². The molecule has 0 atom stereocenters. The highest BCUT2D eigenvalue weighted by Gasteiger charge is 2.16. The average molecular weight is 327 g/mol. The van der Waals surface area contributed by atoms with Crippen molar-refractivity contribution in [2.75, 3.05) is 0 Å². The number of hydrogen-bond donors (Lipinski definition) is 0. The molecule has 0 radical (unpaired) electrons. The van der Waals surface area contributed by atoms with Gasteiger partial charge in [-0.2, -0.15) is 5.26 Å². The van der Waals surface area contributed by atoms with E-state index in [1.54, 1.807) is 11.3 Å². The van der Waals surface area contributed by atoms with Gasteiger partial charge >= 0.3 is 0 Å². The predicted molar refractivity (Wildman–Crippen MR) is 86.9 cm³/mol. The highest BCUT2D eigenvalue weighted by Crippen LogP contribution is 2.33. The molecule has 0 unspecified atom stereocenters. The monoisotopic (exact) mass is 327 g/mol. The van der Waals surface area contributed by atoms with E-state index >= 15 is 0 Å². The van der Waals surface area contributed by atoms with E-state index in [0.717, 1.165) is 32.1 Å². The Hall–Kier alpha value is -2.17. The molecular formula is C15H13N5S2. The SMILES string of the molecule is Cc1cc(Sc2nnc(-c3cccs3)n2C)c(C#N)c(C)n1. The summed E-state index contributed by atoms with van der Waals surface area (Å²) in [4.78, 5) is 6.27. The van der Waals surface area contributed by atoms with Crippen LogP contribution in [0.3, 0.4) is 0 Å². The van der Waals surface area contributed by atoms with Gasteiger partial charge in [0.2, 0.25) is 0 Å². The maximum Gasteiger partial charge on any atom is 0.196 e. The van der Waals surface area contributed by atoms with Crippen LogP contribution in [-0.4, -0.2) is 19.7 Å².